The molecule has 5 nitrogen and oxygen atoms in total. The number of halogens is 1. The Morgan fingerprint density at radius 1 is 1.39 bits per heavy atom. The molecule has 0 aromatic carbocycles. The minimum absolute atomic E-state index is 0. The third-order valence-corrected chi connectivity index (χ3v) is 5.56. The van der Waals surface area contributed by atoms with Gasteiger partial charge in [-0.05, 0) is 36.9 Å². The topological polar surface area (TPSA) is 62.6 Å². The number of nitrogens with zero attached hydrogens (tertiary/aromatic N) is 1. The smallest absolute Gasteiger partial charge is 0.276 e. The highest BCUT2D eigenvalue weighted by Crippen LogP contribution is 2.38. The molecular formula is C11H17ClN2O3S. The minimum atomic E-state index is -3.42. The van der Waals surface area contributed by atoms with Gasteiger partial charge in [0.1, 0.15) is 0 Å². The van der Waals surface area contributed by atoms with Crippen LogP contribution in [0.5, 0.6) is 0 Å². The molecule has 2 aliphatic rings. The summed E-state index contributed by atoms with van der Waals surface area (Å²) in [6, 6.07) is 3.11. The fraction of sp³-hybridized carbons (Fsp3) is 0.636. The summed E-state index contributed by atoms with van der Waals surface area (Å²) in [6.07, 6.45) is 3.41. The Morgan fingerprint density at radius 2 is 2.22 bits per heavy atom. The average Bonchev–Trinajstić information content (AvgIpc) is 3.02. The second-order valence-electron chi connectivity index (χ2n) is 4.95. The molecule has 1 atom stereocenters. The molecule has 1 unspecified atom stereocenters. The zero-order valence-corrected chi connectivity index (χ0v) is 11.6. The van der Waals surface area contributed by atoms with Crippen LogP contribution in [0.1, 0.15) is 12.8 Å². The van der Waals surface area contributed by atoms with E-state index in [0.717, 1.165) is 25.9 Å². The van der Waals surface area contributed by atoms with Gasteiger partial charge in [0.25, 0.3) is 10.0 Å². The predicted octanol–water partition coefficient (Wildman–Crippen LogP) is 1.08. The zero-order chi connectivity index (χ0) is 11.9. The van der Waals surface area contributed by atoms with Gasteiger partial charge in [0, 0.05) is 19.6 Å². The zero-order valence-electron chi connectivity index (χ0n) is 9.96. The largest absolute Gasteiger partial charge is 0.452 e. The van der Waals surface area contributed by atoms with Crippen LogP contribution in [0, 0.1) is 5.41 Å². The molecule has 1 aromatic heterocycles. The Balaban J connectivity index is 0.00000120. The maximum absolute atomic E-state index is 12.2. The predicted molar refractivity (Wildman–Crippen MR) is 69.3 cm³/mol. The van der Waals surface area contributed by atoms with Crippen LogP contribution in [0.2, 0.25) is 0 Å². The molecule has 0 radical (unpaired) electrons. The molecule has 1 aromatic rings. The lowest BCUT2D eigenvalue weighted by atomic mass is 9.87. The number of nitrogens with one attached hydrogen (secondary N) is 1. The summed E-state index contributed by atoms with van der Waals surface area (Å²) in [5, 5.41) is 3.37. The molecule has 1 N–H and O–H groups in total. The number of hydrogen-bond acceptors (Lipinski definition) is 4. The van der Waals surface area contributed by atoms with Crippen molar-refractivity contribution >= 4 is 22.4 Å². The molecule has 7 heteroatoms. The van der Waals surface area contributed by atoms with Gasteiger partial charge >= 0.3 is 0 Å². The van der Waals surface area contributed by atoms with Gasteiger partial charge in [-0.1, -0.05) is 0 Å². The van der Waals surface area contributed by atoms with Gasteiger partial charge in [-0.15, -0.1) is 12.4 Å². The monoisotopic (exact) mass is 292 g/mol. The maximum Gasteiger partial charge on any atom is 0.276 e. The van der Waals surface area contributed by atoms with Crippen molar-refractivity contribution in [1.29, 1.82) is 0 Å². The molecule has 2 saturated heterocycles. The summed E-state index contributed by atoms with van der Waals surface area (Å²) in [6.45, 7) is 3.14. The third-order valence-electron chi connectivity index (χ3n) is 3.82. The highest BCUT2D eigenvalue weighted by molar-refractivity contribution is 7.89. The number of rotatable bonds is 2. The van der Waals surface area contributed by atoms with Crippen molar-refractivity contribution in [3.63, 3.8) is 0 Å². The average molecular weight is 293 g/mol. The van der Waals surface area contributed by atoms with Crippen molar-refractivity contribution in [1.82, 2.24) is 9.62 Å². The van der Waals surface area contributed by atoms with Crippen LogP contribution in [-0.2, 0) is 10.0 Å². The molecule has 0 bridgehead atoms. The summed E-state index contributed by atoms with van der Waals surface area (Å²) in [5.41, 5.74) is 0.152. The molecule has 102 valence electrons. The summed E-state index contributed by atoms with van der Waals surface area (Å²) >= 11 is 0. The summed E-state index contributed by atoms with van der Waals surface area (Å²) in [4.78, 5) is 0. The van der Waals surface area contributed by atoms with Crippen molar-refractivity contribution < 1.29 is 12.8 Å². The van der Waals surface area contributed by atoms with Crippen molar-refractivity contribution in [2.45, 2.75) is 17.9 Å². The molecule has 0 amide bonds. The second-order valence-corrected chi connectivity index (χ2v) is 6.82. The minimum Gasteiger partial charge on any atom is -0.452 e. The van der Waals surface area contributed by atoms with Crippen LogP contribution in [-0.4, -0.2) is 38.9 Å². The lowest BCUT2D eigenvalue weighted by Crippen LogP contribution is -2.33. The van der Waals surface area contributed by atoms with Gasteiger partial charge in [0.15, 0.2) is 0 Å². The highest BCUT2D eigenvalue weighted by Gasteiger charge is 2.45. The number of sulfonamides is 1. The first-order valence-electron chi connectivity index (χ1n) is 5.87. The first kappa shape index (κ1) is 13.9. The van der Waals surface area contributed by atoms with E-state index >= 15 is 0 Å². The van der Waals surface area contributed by atoms with E-state index in [1.165, 1.54) is 12.3 Å². The standard InChI is InChI=1S/C11H16N2O3S.ClH/c14-17(15,10-2-1-7-16-10)13-6-4-11(9-13)3-5-12-8-11;/h1-2,7,12H,3-6,8-9H2;1H. The molecule has 3 rings (SSSR count). The molecule has 18 heavy (non-hydrogen) atoms. The van der Waals surface area contributed by atoms with E-state index in [-0.39, 0.29) is 22.9 Å². The SMILES string of the molecule is Cl.O=S(=O)(c1ccco1)N1CCC2(CCNC2)C1. The highest BCUT2D eigenvalue weighted by atomic mass is 35.5. The maximum atomic E-state index is 12.2. The Morgan fingerprint density at radius 3 is 2.83 bits per heavy atom. The quantitative estimate of drug-likeness (QED) is 0.886. The van der Waals surface area contributed by atoms with Crippen LogP contribution in [0.4, 0.5) is 0 Å². The molecule has 2 fully saturated rings. The molecule has 1 spiro atoms. The Kier molecular flexibility index (Phi) is 3.73. The van der Waals surface area contributed by atoms with E-state index in [9.17, 15) is 8.42 Å². The summed E-state index contributed by atoms with van der Waals surface area (Å²) in [5.74, 6) is 0. The van der Waals surface area contributed by atoms with Gasteiger partial charge < -0.3 is 9.73 Å². The van der Waals surface area contributed by atoms with Crippen LogP contribution >= 0.6 is 12.4 Å². The van der Waals surface area contributed by atoms with Crippen LogP contribution in [0.3, 0.4) is 0 Å². The van der Waals surface area contributed by atoms with E-state index in [2.05, 4.69) is 5.32 Å². The molecule has 0 aliphatic carbocycles. The van der Waals surface area contributed by atoms with Gasteiger partial charge in [0.2, 0.25) is 5.09 Å². The number of hydrogen-bond donors (Lipinski definition) is 1. The van der Waals surface area contributed by atoms with E-state index < -0.39 is 10.0 Å². The molecule has 3 heterocycles. The van der Waals surface area contributed by atoms with Crippen LogP contribution in [0.15, 0.2) is 27.9 Å². The van der Waals surface area contributed by atoms with E-state index in [0.29, 0.717) is 13.1 Å². The van der Waals surface area contributed by atoms with Gasteiger partial charge in [-0.3, -0.25) is 0 Å². The lowest BCUT2D eigenvalue weighted by Gasteiger charge is -2.21. The normalized spacial score (nSPS) is 28.7. The van der Waals surface area contributed by atoms with Crippen LogP contribution in [0.25, 0.3) is 0 Å². The van der Waals surface area contributed by atoms with Crippen molar-refractivity contribution in [3.8, 4) is 0 Å². The van der Waals surface area contributed by atoms with Gasteiger partial charge in [-0.2, -0.15) is 4.31 Å². The Hall–Kier alpha value is -0.560. The Labute approximate surface area is 113 Å². The molecular weight excluding hydrogens is 276 g/mol. The first-order chi connectivity index (χ1) is 8.12. The molecule has 0 saturated carbocycles. The van der Waals surface area contributed by atoms with Gasteiger partial charge in [-0.25, -0.2) is 8.42 Å². The molecule has 2 aliphatic heterocycles. The number of furan rings is 1. The van der Waals surface area contributed by atoms with E-state index in [1.807, 2.05) is 0 Å². The second kappa shape index (κ2) is 4.85. The lowest BCUT2D eigenvalue weighted by molar-refractivity contribution is 0.333. The van der Waals surface area contributed by atoms with Gasteiger partial charge in [0.05, 0.1) is 6.26 Å². The van der Waals surface area contributed by atoms with E-state index in [1.54, 1.807) is 10.4 Å². The van der Waals surface area contributed by atoms with Crippen LogP contribution < -0.4 is 5.32 Å². The van der Waals surface area contributed by atoms with E-state index in [4.69, 9.17) is 4.42 Å². The summed E-state index contributed by atoms with van der Waals surface area (Å²) < 4.78 is 31.1. The first-order valence-corrected chi connectivity index (χ1v) is 7.31. The van der Waals surface area contributed by atoms with Crippen molar-refractivity contribution in [2.24, 2.45) is 5.41 Å². The van der Waals surface area contributed by atoms with Crippen molar-refractivity contribution in [2.75, 3.05) is 26.2 Å². The fourth-order valence-corrected chi connectivity index (χ4v) is 4.24. The fourth-order valence-electron chi connectivity index (χ4n) is 2.78. The van der Waals surface area contributed by atoms with Crippen molar-refractivity contribution in [3.05, 3.63) is 18.4 Å². The Bertz CT molecular complexity index is 494. The third kappa shape index (κ3) is 2.18. The summed E-state index contributed by atoms with van der Waals surface area (Å²) in [7, 11) is -3.42.